The zero-order valence-corrected chi connectivity index (χ0v) is 13.7. The molecule has 1 aromatic carbocycles. The molecule has 0 aliphatic carbocycles. The molecular weight excluding hydrogens is 389 g/mol. The molecule has 0 spiro atoms. The summed E-state index contributed by atoms with van der Waals surface area (Å²) >= 11 is 3.12. The maximum atomic E-state index is 11.8. The molecule has 1 aliphatic rings. The van der Waals surface area contributed by atoms with Crippen LogP contribution in [-0.4, -0.2) is 29.7 Å². The minimum Gasteiger partial charge on any atom is -0.488 e. The quantitative estimate of drug-likeness (QED) is 0.440. The number of rotatable bonds is 4. The smallest absolute Gasteiger partial charge is 0.293 e. The number of carbonyl (C=O) groups excluding carboxylic acids is 2. The van der Waals surface area contributed by atoms with E-state index >= 15 is 0 Å². The zero-order valence-electron chi connectivity index (χ0n) is 10.8. The lowest BCUT2D eigenvalue weighted by Gasteiger charge is -2.06. The number of ether oxygens (including phenoxy) is 1. The molecule has 6 heteroatoms. The Balaban J connectivity index is 2.22. The Kier molecular flexibility index (Phi) is 4.87. The van der Waals surface area contributed by atoms with E-state index in [1.165, 1.54) is 7.05 Å². The van der Waals surface area contributed by atoms with Gasteiger partial charge in [-0.2, -0.15) is 0 Å². The Morgan fingerprint density at radius 2 is 2.20 bits per heavy atom. The van der Waals surface area contributed by atoms with Crippen LogP contribution in [0.2, 0.25) is 0 Å². The van der Waals surface area contributed by atoms with E-state index in [0.717, 1.165) is 31.5 Å². The number of halogens is 1. The largest absolute Gasteiger partial charge is 0.488 e. The molecule has 4 nitrogen and oxygen atoms in total. The van der Waals surface area contributed by atoms with Gasteiger partial charge in [0.15, 0.2) is 0 Å². The molecule has 1 heterocycles. The van der Waals surface area contributed by atoms with Crippen molar-refractivity contribution in [3.05, 3.63) is 44.9 Å². The van der Waals surface area contributed by atoms with Crippen molar-refractivity contribution < 1.29 is 14.3 Å². The highest BCUT2D eigenvalue weighted by Crippen LogP contribution is 2.32. The summed E-state index contributed by atoms with van der Waals surface area (Å²) in [4.78, 5) is 24.8. The van der Waals surface area contributed by atoms with E-state index in [-0.39, 0.29) is 11.1 Å². The summed E-state index contributed by atoms with van der Waals surface area (Å²) in [5.41, 5.74) is 0.860. The second-order valence-corrected chi connectivity index (χ2v) is 6.19. The molecule has 0 bridgehead atoms. The minimum atomic E-state index is -0.262. The molecule has 0 atom stereocenters. The lowest BCUT2D eigenvalue weighted by atomic mass is 10.2. The number of hydrogen-bond acceptors (Lipinski definition) is 4. The Morgan fingerprint density at radius 3 is 2.75 bits per heavy atom. The highest BCUT2D eigenvalue weighted by Gasteiger charge is 2.31. The van der Waals surface area contributed by atoms with Gasteiger partial charge in [0.1, 0.15) is 12.4 Å². The van der Waals surface area contributed by atoms with Crippen LogP contribution in [0.4, 0.5) is 4.79 Å². The maximum absolute atomic E-state index is 11.8. The van der Waals surface area contributed by atoms with Crippen molar-refractivity contribution in [2.75, 3.05) is 13.7 Å². The molecule has 0 unspecified atom stereocenters. The molecule has 1 aliphatic heterocycles. The molecule has 20 heavy (non-hydrogen) atoms. The van der Waals surface area contributed by atoms with E-state index in [9.17, 15) is 9.59 Å². The predicted molar refractivity (Wildman–Crippen MR) is 88.6 cm³/mol. The Labute approximate surface area is 135 Å². The third-order valence-corrected chi connectivity index (χ3v) is 4.40. The molecule has 0 radical (unpaired) electrons. The lowest BCUT2D eigenvalue weighted by Crippen LogP contribution is -2.22. The Bertz CT molecular complexity index is 612. The van der Waals surface area contributed by atoms with Crippen molar-refractivity contribution in [2.24, 2.45) is 0 Å². The molecule has 104 valence electrons. The molecule has 0 N–H and O–H groups in total. The molecule has 0 saturated carbocycles. The number of imide groups is 1. The SMILES string of the molecule is C=CCOc1ccc(/C=C2\SC(=O)N(C)C2=O)cc1I. The van der Waals surface area contributed by atoms with Crippen LogP contribution < -0.4 is 4.74 Å². The normalized spacial score (nSPS) is 16.9. The Hall–Kier alpha value is -1.28. The van der Waals surface area contributed by atoms with Gasteiger partial charge in [0, 0.05) is 7.05 Å². The standard InChI is InChI=1S/C14H12INO3S/c1-3-6-19-11-5-4-9(7-10(11)15)8-12-13(17)16(2)14(18)20-12/h3-5,7-8H,1,6H2,2H3/b12-8-. The zero-order chi connectivity index (χ0) is 14.7. The van der Waals surface area contributed by atoms with Crippen LogP contribution in [0.5, 0.6) is 5.75 Å². The van der Waals surface area contributed by atoms with Crippen molar-refractivity contribution in [3.8, 4) is 5.75 Å². The van der Waals surface area contributed by atoms with Gasteiger partial charge in [0.2, 0.25) is 0 Å². The van der Waals surface area contributed by atoms with Crippen molar-refractivity contribution in [2.45, 2.75) is 0 Å². The van der Waals surface area contributed by atoms with Gasteiger partial charge in [-0.05, 0) is 58.1 Å². The lowest BCUT2D eigenvalue weighted by molar-refractivity contribution is -0.121. The highest BCUT2D eigenvalue weighted by molar-refractivity contribution is 14.1. The molecule has 1 fully saturated rings. The predicted octanol–water partition coefficient (Wildman–Crippen LogP) is 3.52. The topological polar surface area (TPSA) is 46.6 Å². The first-order valence-corrected chi connectivity index (χ1v) is 7.67. The van der Waals surface area contributed by atoms with Gasteiger partial charge in [-0.1, -0.05) is 18.7 Å². The van der Waals surface area contributed by atoms with Crippen LogP contribution >= 0.6 is 34.4 Å². The fraction of sp³-hybridized carbons (Fsp3) is 0.143. The van der Waals surface area contributed by atoms with Crippen LogP contribution in [0.1, 0.15) is 5.56 Å². The van der Waals surface area contributed by atoms with Gasteiger partial charge >= 0.3 is 0 Å². The van der Waals surface area contributed by atoms with E-state index in [1.807, 2.05) is 18.2 Å². The third-order valence-electron chi connectivity index (χ3n) is 2.60. The average Bonchev–Trinajstić information content (AvgIpc) is 2.65. The summed E-state index contributed by atoms with van der Waals surface area (Å²) in [6.07, 6.45) is 3.40. The maximum Gasteiger partial charge on any atom is 0.293 e. The average molecular weight is 401 g/mol. The molecule has 2 amide bonds. The van der Waals surface area contributed by atoms with E-state index < -0.39 is 0 Å². The number of hydrogen-bond donors (Lipinski definition) is 0. The second-order valence-electron chi connectivity index (χ2n) is 4.03. The fourth-order valence-electron chi connectivity index (χ4n) is 1.57. The van der Waals surface area contributed by atoms with Crippen molar-refractivity contribution in [3.63, 3.8) is 0 Å². The van der Waals surface area contributed by atoms with E-state index in [4.69, 9.17) is 4.74 Å². The molecule has 2 rings (SSSR count). The van der Waals surface area contributed by atoms with Crippen molar-refractivity contribution >= 4 is 51.6 Å². The summed E-state index contributed by atoms with van der Waals surface area (Å²) in [6.45, 7) is 4.05. The van der Waals surface area contributed by atoms with Gasteiger partial charge in [-0.25, -0.2) is 0 Å². The molecule has 1 aromatic rings. The summed E-state index contributed by atoms with van der Waals surface area (Å²) in [6, 6.07) is 5.60. The van der Waals surface area contributed by atoms with Crippen LogP contribution in [0.25, 0.3) is 6.08 Å². The van der Waals surface area contributed by atoms with Crippen LogP contribution in [0.3, 0.4) is 0 Å². The van der Waals surface area contributed by atoms with Gasteiger partial charge in [-0.15, -0.1) is 0 Å². The summed E-state index contributed by atoms with van der Waals surface area (Å²) in [5.74, 6) is 0.508. The van der Waals surface area contributed by atoms with E-state index in [1.54, 1.807) is 12.2 Å². The highest BCUT2D eigenvalue weighted by atomic mass is 127. The molecule has 1 saturated heterocycles. The van der Waals surface area contributed by atoms with Crippen molar-refractivity contribution in [1.82, 2.24) is 4.90 Å². The number of benzene rings is 1. The van der Waals surface area contributed by atoms with Gasteiger partial charge in [0.05, 0.1) is 8.48 Å². The third kappa shape index (κ3) is 3.24. The summed E-state index contributed by atoms with van der Waals surface area (Å²) in [7, 11) is 1.48. The molecule has 0 aromatic heterocycles. The van der Waals surface area contributed by atoms with Gasteiger partial charge < -0.3 is 4.74 Å². The Morgan fingerprint density at radius 1 is 1.45 bits per heavy atom. The summed E-state index contributed by atoms with van der Waals surface area (Å²) in [5, 5.41) is -0.248. The number of thioether (sulfide) groups is 1. The monoisotopic (exact) mass is 401 g/mol. The molecular formula is C14H12INO3S. The van der Waals surface area contributed by atoms with E-state index in [2.05, 4.69) is 29.2 Å². The number of amides is 2. The fourth-order valence-corrected chi connectivity index (χ4v) is 3.09. The first kappa shape index (κ1) is 15.1. The van der Waals surface area contributed by atoms with Crippen molar-refractivity contribution in [1.29, 1.82) is 0 Å². The number of nitrogens with zero attached hydrogens (tertiary/aromatic N) is 1. The minimum absolute atomic E-state index is 0.248. The first-order chi connectivity index (χ1) is 9.52. The number of likely N-dealkylation sites (N-methyl/N-ethyl adjacent to an activating group) is 1. The van der Waals surface area contributed by atoms with Gasteiger partial charge in [0.25, 0.3) is 11.1 Å². The number of carbonyl (C=O) groups is 2. The first-order valence-electron chi connectivity index (χ1n) is 5.77. The van der Waals surface area contributed by atoms with Crippen LogP contribution in [0.15, 0.2) is 35.8 Å². The second kappa shape index (κ2) is 6.45. The summed E-state index contributed by atoms with van der Waals surface area (Å²) < 4.78 is 6.42. The van der Waals surface area contributed by atoms with Gasteiger partial charge in [-0.3, -0.25) is 14.5 Å². The van der Waals surface area contributed by atoms with E-state index in [0.29, 0.717) is 11.5 Å². The van der Waals surface area contributed by atoms with Crippen LogP contribution in [-0.2, 0) is 4.79 Å². The van der Waals surface area contributed by atoms with Crippen LogP contribution in [0, 0.1) is 3.57 Å².